The minimum atomic E-state index is -0.141. The van der Waals surface area contributed by atoms with Gasteiger partial charge in [-0.25, -0.2) is 9.50 Å². The molecule has 0 aromatic carbocycles. The molecule has 0 spiro atoms. The van der Waals surface area contributed by atoms with Gasteiger partial charge < -0.3 is 10.2 Å². The van der Waals surface area contributed by atoms with E-state index in [1.165, 1.54) is 0 Å². The van der Waals surface area contributed by atoms with Crippen molar-refractivity contribution in [3.8, 4) is 0 Å². The third-order valence-corrected chi connectivity index (χ3v) is 4.30. The molecule has 0 atom stereocenters. The van der Waals surface area contributed by atoms with Crippen molar-refractivity contribution in [3.63, 3.8) is 0 Å². The van der Waals surface area contributed by atoms with Gasteiger partial charge in [-0.3, -0.25) is 9.78 Å². The van der Waals surface area contributed by atoms with Crippen molar-refractivity contribution in [1.82, 2.24) is 24.9 Å². The highest BCUT2D eigenvalue weighted by molar-refractivity contribution is 6.00. The molecule has 0 aliphatic carbocycles. The molecule has 0 unspecified atom stereocenters. The van der Waals surface area contributed by atoms with Crippen molar-refractivity contribution in [2.24, 2.45) is 0 Å². The van der Waals surface area contributed by atoms with Gasteiger partial charge in [0, 0.05) is 25.5 Å². The first-order valence-electron chi connectivity index (χ1n) is 8.43. The van der Waals surface area contributed by atoms with Crippen LogP contribution >= 0.6 is 0 Å². The lowest BCUT2D eigenvalue weighted by Gasteiger charge is -2.18. The fraction of sp³-hybridized carbons (Fsp3) is 0.333. The second-order valence-electron chi connectivity index (χ2n) is 5.87. The quantitative estimate of drug-likeness (QED) is 0.748. The number of fused-ring (bicyclic) bond motifs is 1. The first kappa shape index (κ1) is 16.9. The number of anilines is 2. The number of rotatable bonds is 6. The van der Waals surface area contributed by atoms with Crippen LogP contribution in [-0.2, 0) is 0 Å². The SMILES string of the molecule is CCC(CC)NC(=O)c1cnn2ccc(N(C)c3cccnc3)nc12. The molecule has 1 N–H and O–H groups in total. The summed E-state index contributed by atoms with van der Waals surface area (Å²) in [5.74, 6) is 0.579. The molecule has 0 saturated heterocycles. The molecule has 0 bridgehead atoms. The van der Waals surface area contributed by atoms with Crippen molar-refractivity contribution < 1.29 is 4.79 Å². The zero-order chi connectivity index (χ0) is 17.8. The first-order valence-corrected chi connectivity index (χ1v) is 8.43. The van der Waals surface area contributed by atoms with E-state index in [0.29, 0.717) is 11.2 Å². The van der Waals surface area contributed by atoms with Gasteiger partial charge in [-0.1, -0.05) is 13.8 Å². The lowest BCUT2D eigenvalue weighted by molar-refractivity contribution is 0.0936. The summed E-state index contributed by atoms with van der Waals surface area (Å²) in [6, 6.07) is 5.84. The average molecular weight is 338 g/mol. The summed E-state index contributed by atoms with van der Waals surface area (Å²) in [5.41, 5.74) is 1.94. The number of pyridine rings is 1. The second-order valence-corrected chi connectivity index (χ2v) is 5.87. The summed E-state index contributed by atoms with van der Waals surface area (Å²) >= 11 is 0. The van der Waals surface area contributed by atoms with Crippen molar-refractivity contribution in [2.75, 3.05) is 11.9 Å². The smallest absolute Gasteiger partial charge is 0.256 e. The van der Waals surface area contributed by atoms with Crippen LogP contribution in [0, 0.1) is 0 Å². The molecule has 25 heavy (non-hydrogen) atoms. The first-order chi connectivity index (χ1) is 12.1. The summed E-state index contributed by atoms with van der Waals surface area (Å²) in [7, 11) is 1.91. The van der Waals surface area contributed by atoms with E-state index in [2.05, 4.69) is 34.2 Å². The molecule has 7 heteroatoms. The molecule has 3 heterocycles. The number of hydrogen-bond acceptors (Lipinski definition) is 5. The lowest BCUT2D eigenvalue weighted by Crippen LogP contribution is -2.33. The van der Waals surface area contributed by atoms with Gasteiger partial charge in [0.15, 0.2) is 5.65 Å². The van der Waals surface area contributed by atoms with Gasteiger partial charge in [-0.15, -0.1) is 0 Å². The van der Waals surface area contributed by atoms with Crippen molar-refractivity contribution >= 4 is 23.1 Å². The third-order valence-electron chi connectivity index (χ3n) is 4.30. The van der Waals surface area contributed by atoms with E-state index in [4.69, 9.17) is 0 Å². The van der Waals surface area contributed by atoms with E-state index in [1.54, 1.807) is 29.3 Å². The van der Waals surface area contributed by atoms with Gasteiger partial charge in [0.1, 0.15) is 11.4 Å². The molecule has 0 aliphatic rings. The number of nitrogens with zero attached hydrogens (tertiary/aromatic N) is 5. The van der Waals surface area contributed by atoms with Gasteiger partial charge in [-0.2, -0.15) is 5.10 Å². The predicted octanol–water partition coefficient (Wildman–Crippen LogP) is 2.81. The predicted molar refractivity (Wildman–Crippen MR) is 97.1 cm³/mol. The molecular formula is C18H22N6O. The van der Waals surface area contributed by atoms with Crippen LogP contribution in [0.2, 0.25) is 0 Å². The van der Waals surface area contributed by atoms with E-state index in [1.807, 2.05) is 30.1 Å². The van der Waals surface area contributed by atoms with Gasteiger partial charge >= 0.3 is 0 Å². The van der Waals surface area contributed by atoms with E-state index in [0.717, 1.165) is 24.3 Å². The fourth-order valence-corrected chi connectivity index (χ4v) is 2.65. The summed E-state index contributed by atoms with van der Waals surface area (Å²) in [6.45, 7) is 4.12. The monoisotopic (exact) mass is 338 g/mol. The Morgan fingerprint density at radius 3 is 2.76 bits per heavy atom. The highest BCUT2D eigenvalue weighted by atomic mass is 16.1. The zero-order valence-electron chi connectivity index (χ0n) is 14.7. The van der Waals surface area contributed by atoms with Gasteiger partial charge in [0.05, 0.1) is 18.1 Å². The number of nitrogens with one attached hydrogen (secondary N) is 1. The number of carbonyl (C=O) groups excluding carboxylic acids is 1. The van der Waals surface area contributed by atoms with Crippen molar-refractivity contribution in [1.29, 1.82) is 0 Å². The van der Waals surface area contributed by atoms with E-state index in [-0.39, 0.29) is 11.9 Å². The second kappa shape index (κ2) is 7.29. The van der Waals surface area contributed by atoms with Crippen LogP contribution in [0.1, 0.15) is 37.0 Å². The fourth-order valence-electron chi connectivity index (χ4n) is 2.65. The molecule has 3 aromatic heterocycles. The van der Waals surface area contributed by atoms with Crippen LogP contribution in [0.25, 0.3) is 5.65 Å². The molecule has 7 nitrogen and oxygen atoms in total. The maximum Gasteiger partial charge on any atom is 0.256 e. The largest absolute Gasteiger partial charge is 0.349 e. The topological polar surface area (TPSA) is 75.4 Å². The molecule has 3 aromatic rings. The van der Waals surface area contributed by atoms with Crippen LogP contribution < -0.4 is 10.2 Å². The Hall–Kier alpha value is -2.96. The Balaban J connectivity index is 1.93. The number of amides is 1. The molecule has 0 fully saturated rings. The van der Waals surface area contributed by atoms with E-state index >= 15 is 0 Å². The average Bonchev–Trinajstić information content (AvgIpc) is 3.09. The van der Waals surface area contributed by atoms with Gasteiger partial charge in [0.25, 0.3) is 5.91 Å². The molecule has 130 valence electrons. The number of aromatic nitrogens is 4. The van der Waals surface area contributed by atoms with Crippen molar-refractivity contribution in [3.05, 3.63) is 48.5 Å². The van der Waals surface area contributed by atoms with E-state index in [9.17, 15) is 4.79 Å². The van der Waals surface area contributed by atoms with Crippen molar-refractivity contribution in [2.45, 2.75) is 32.7 Å². The zero-order valence-corrected chi connectivity index (χ0v) is 14.7. The lowest BCUT2D eigenvalue weighted by atomic mass is 10.1. The maximum atomic E-state index is 12.6. The third kappa shape index (κ3) is 3.45. The Bertz CT molecular complexity index is 856. The number of carbonyl (C=O) groups is 1. The number of hydrogen-bond donors (Lipinski definition) is 1. The summed E-state index contributed by atoms with van der Waals surface area (Å²) in [4.78, 5) is 23.2. The molecule has 1 amide bonds. The molecule has 0 radical (unpaired) electrons. The summed E-state index contributed by atoms with van der Waals surface area (Å²) in [6.07, 6.45) is 8.65. The van der Waals surface area contributed by atoms with Crippen LogP contribution in [0.4, 0.5) is 11.5 Å². The minimum absolute atomic E-state index is 0.141. The molecule has 0 saturated carbocycles. The Kier molecular flexibility index (Phi) is 4.92. The highest BCUT2D eigenvalue weighted by Gasteiger charge is 2.17. The Morgan fingerprint density at radius 1 is 1.28 bits per heavy atom. The minimum Gasteiger partial charge on any atom is -0.349 e. The highest BCUT2D eigenvalue weighted by Crippen LogP contribution is 2.21. The van der Waals surface area contributed by atoms with E-state index < -0.39 is 0 Å². The Morgan fingerprint density at radius 2 is 2.08 bits per heavy atom. The van der Waals surface area contributed by atoms with Gasteiger partial charge in [-0.05, 0) is 31.0 Å². The Labute approximate surface area is 146 Å². The molecule has 0 aliphatic heterocycles. The van der Waals surface area contributed by atoms with Crippen LogP contribution in [0.15, 0.2) is 43.0 Å². The summed E-state index contributed by atoms with van der Waals surface area (Å²) < 4.78 is 1.61. The maximum absolute atomic E-state index is 12.6. The standard InChI is InChI=1S/C18H22N6O/c1-4-13(5-2)21-18(25)15-12-20-24-10-8-16(22-17(15)24)23(3)14-7-6-9-19-11-14/h6-13H,4-5H2,1-3H3,(H,21,25). The summed E-state index contributed by atoms with van der Waals surface area (Å²) in [5, 5.41) is 7.27. The molecular weight excluding hydrogens is 316 g/mol. The normalized spacial score (nSPS) is 11.0. The van der Waals surface area contributed by atoms with Crippen LogP contribution in [0.5, 0.6) is 0 Å². The van der Waals surface area contributed by atoms with Gasteiger partial charge in [0.2, 0.25) is 0 Å². The van der Waals surface area contributed by atoms with Crippen LogP contribution in [0.3, 0.4) is 0 Å². The molecule has 3 rings (SSSR count). The van der Waals surface area contributed by atoms with Crippen LogP contribution in [-0.4, -0.2) is 38.6 Å².